The first-order valence-corrected chi connectivity index (χ1v) is 36.9. The molecule has 26 heteroatoms. The summed E-state index contributed by atoms with van der Waals surface area (Å²) in [6.07, 6.45) is 8.69. The molecule has 4 aromatic heterocycles. The van der Waals surface area contributed by atoms with Crippen LogP contribution in [0.15, 0.2) is 186 Å². The minimum absolute atomic E-state index is 0. The van der Waals surface area contributed by atoms with Gasteiger partial charge >= 0.3 is 24.4 Å². The number of nitrogens with zero attached hydrogens (tertiary/aromatic N) is 8. The first-order chi connectivity index (χ1) is 51.3. The maximum absolute atomic E-state index is 13.2. The number of benzene rings is 7. The van der Waals surface area contributed by atoms with Crippen molar-refractivity contribution < 1.29 is 38.1 Å². The maximum Gasteiger partial charge on any atom is 0.410 e. The molecule has 0 bridgehead atoms. The fourth-order valence-corrected chi connectivity index (χ4v) is 14.5. The number of aromatic nitrogens is 8. The summed E-state index contributed by atoms with van der Waals surface area (Å²) in [6.45, 7) is 19.4. The largest absolute Gasteiger partial charge is 0.445 e. The van der Waals surface area contributed by atoms with Crippen LogP contribution in [0, 0.1) is 0 Å². The van der Waals surface area contributed by atoms with Crippen LogP contribution in [-0.4, -0.2) is 127 Å². The van der Waals surface area contributed by atoms with E-state index < -0.39 is 29.0 Å². The summed E-state index contributed by atoms with van der Waals surface area (Å²) < 4.78 is 22.5. The molecule has 11 aromatic rings. The van der Waals surface area contributed by atoms with Crippen LogP contribution in [-0.2, 0) is 25.6 Å². The molecule has 4 atom stereocenters. The number of imidazole rings is 2. The number of nitrogens with one attached hydrogen (secondary N) is 4. The highest BCUT2D eigenvalue weighted by Crippen LogP contribution is 2.39. The van der Waals surface area contributed by atoms with Gasteiger partial charge < -0.3 is 38.9 Å². The Morgan fingerprint density at radius 2 is 0.658 bits per heavy atom. The average Bonchev–Trinajstić information content (AvgIpc) is 1.79. The third-order valence-electron chi connectivity index (χ3n) is 19.7. The van der Waals surface area contributed by atoms with Gasteiger partial charge in [0.15, 0.2) is 0 Å². The Kier molecular flexibility index (Phi) is 26.2. The van der Waals surface area contributed by atoms with Crippen molar-refractivity contribution in [3.05, 3.63) is 226 Å². The molecule has 0 saturated carbocycles. The number of aromatic amines is 4. The number of hydrogen-bond donors (Lipinski definition) is 4. The predicted octanol–water partition coefficient (Wildman–Crippen LogP) is 18.4. The Morgan fingerprint density at radius 3 is 0.982 bits per heavy atom. The Morgan fingerprint density at radius 1 is 0.369 bits per heavy atom. The number of ether oxygens (including phenoxy) is 4. The molecule has 4 N–H and O–H groups in total. The maximum atomic E-state index is 13.2. The number of carbonyl (C=O) groups excluding carboxylic acids is 4. The summed E-state index contributed by atoms with van der Waals surface area (Å²) in [5.41, 5.74) is 11.8. The average molecular weight is 1580 g/mol. The summed E-state index contributed by atoms with van der Waals surface area (Å²) in [5, 5.41) is 0.993. The van der Waals surface area contributed by atoms with E-state index in [-0.39, 0.29) is 108 Å². The highest BCUT2D eigenvalue weighted by Gasteiger charge is 2.39. The molecule has 15 rings (SSSR count). The molecule has 0 unspecified atom stereocenters. The van der Waals surface area contributed by atoms with Gasteiger partial charge in [0.25, 0.3) is 11.1 Å². The summed E-state index contributed by atoms with van der Waals surface area (Å²) in [6, 6.07) is 53.2. The van der Waals surface area contributed by atoms with Gasteiger partial charge in [0.2, 0.25) is 0 Å². The molecular formula is C85H98N12O10S4. The van der Waals surface area contributed by atoms with Crippen molar-refractivity contribution in [2.45, 2.75) is 161 Å². The molecule has 4 aliphatic heterocycles. The lowest BCUT2D eigenvalue weighted by molar-refractivity contribution is 0.0208. The summed E-state index contributed by atoms with van der Waals surface area (Å²) in [4.78, 5) is 117. The highest BCUT2D eigenvalue weighted by molar-refractivity contribution is 7.59. The summed E-state index contributed by atoms with van der Waals surface area (Å²) >= 11 is 0. The zero-order valence-electron chi connectivity index (χ0n) is 63.9. The second kappa shape index (κ2) is 35.0. The van der Waals surface area contributed by atoms with Gasteiger partial charge in [-0.05, 0) is 199 Å². The second-order valence-electron chi connectivity index (χ2n) is 30.9. The van der Waals surface area contributed by atoms with Crippen molar-refractivity contribution in [1.29, 1.82) is 0 Å². The molecule has 111 heavy (non-hydrogen) atoms. The van der Waals surface area contributed by atoms with E-state index in [9.17, 15) is 28.8 Å². The Bertz CT molecular complexity index is 5210. The van der Waals surface area contributed by atoms with E-state index >= 15 is 0 Å². The summed E-state index contributed by atoms with van der Waals surface area (Å²) in [5.74, 6) is 2.48. The van der Waals surface area contributed by atoms with Gasteiger partial charge in [-0.3, -0.25) is 29.2 Å². The molecule has 0 aliphatic carbocycles. The van der Waals surface area contributed by atoms with Crippen molar-refractivity contribution in [2.75, 3.05) is 26.2 Å². The van der Waals surface area contributed by atoms with Gasteiger partial charge in [-0.15, -0.1) is 0 Å². The minimum atomic E-state index is -0.614. The molecule has 4 fully saturated rings. The number of H-pyrrole nitrogens is 4. The molecule has 0 radical (unpaired) electrons. The van der Waals surface area contributed by atoms with Crippen molar-refractivity contribution in [2.24, 2.45) is 0 Å². The van der Waals surface area contributed by atoms with Gasteiger partial charge in [-0.1, -0.05) is 140 Å². The van der Waals surface area contributed by atoms with Gasteiger partial charge in [-0.25, -0.2) is 39.1 Å². The molecule has 4 amide bonds. The van der Waals surface area contributed by atoms with E-state index in [0.717, 1.165) is 123 Å². The summed E-state index contributed by atoms with van der Waals surface area (Å²) in [7, 11) is 0. The number of amides is 4. The van der Waals surface area contributed by atoms with Crippen LogP contribution >= 0.6 is 54.0 Å². The van der Waals surface area contributed by atoms with E-state index in [4.69, 9.17) is 28.9 Å². The van der Waals surface area contributed by atoms with Gasteiger partial charge in [-0.2, -0.15) is 54.0 Å². The Balaban J connectivity index is 0.000000228. The molecule has 7 aromatic carbocycles. The van der Waals surface area contributed by atoms with Gasteiger partial charge in [0, 0.05) is 26.2 Å². The number of carbonyl (C=O) groups is 4. The zero-order valence-corrected chi connectivity index (χ0v) is 67.9. The van der Waals surface area contributed by atoms with E-state index in [1.807, 2.05) is 129 Å². The van der Waals surface area contributed by atoms with Gasteiger partial charge in [0.1, 0.15) is 46.7 Å². The van der Waals surface area contributed by atoms with Crippen LogP contribution in [0.25, 0.3) is 88.8 Å². The van der Waals surface area contributed by atoms with Crippen LogP contribution in [0.3, 0.4) is 0 Å². The third kappa shape index (κ3) is 19.4. The molecule has 0 spiro atoms. The first-order valence-electron chi connectivity index (χ1n) is 36.9. The number of likely N-dealkylation sites (tertiary alicyclic amines) is 4. The van der Waals surface area contributed by atoms with Crippen LogP contribution in [0.5, 0.6) is 0 Å². The fourth-order valence-electron chi connectivity index (χ4n) is 14.5. The van der Waals surface area contributed by atoms with Crippen LogP contribution < -0.4 is 11.1 Å². The SMILES string of the molecule is CC(C)(C)OC(=O)N1CCC[C@H]1c1ncc(-c2ccc(-c3ccc(-c4ccc5c(=O)[nH]c([C@@H]6CCCN6C(=O)OC(C)(C)C)nc5c4)cc3)cc2)[nH]1.CC(C)(C)OC(=O)N1CCC[C@H]1c1ncc(-c2ccc(-c3ccc(-c4ccc5c(=O)[nH]c([C@@H]6CCCN6C(=O)OCc6ccccc6)nc5c4)cc3)cc2)[nH]1.S.S.S.S. The van der Waals surface area contributed by atoms with Crippen LogP contribution in [0.1, 0.15) is 167 Å². The Labute approximate surface area is 673 Å². The van der Waals surface area contributed by atoms with Crippen molar-refractivity contribution >= 4 is 100 Å². The van der Waals surface area contributed by atoms with Crippen molar-refractivity contribution in [1.82, 2.24) is 59.5 Å². The van der Waals surface area contributed by atoms with Crippen LogP contribution in [0.2, 0.25) is 0 Å². The molecule has 22 nitrogen and oxygen atoms in total. The zero-order chi connectivity index (χ0) is 74.9. The van der Waals surface area contributed by atoms with Gasteiger partial charge in [0.05, 0.1) is 69.8 Å². The van der Waals surface area contributed by atoms with Crippen molar-refractivity contribution in [3.63, 3.8) is 0 Å². The minimum Gasteiger partial charge on any atom is -0.445 e. The monoisotopic (exact) mass is 1570 g/mol. The van der Waals surface area contributed by atoms with E-state index in [1.165, 1.54) is 0 Å². The fraction of sp³-hybridized carbons (Fsp3) is 0.341. The lowest BCUT2D eigenvalue weighted by atomic mass is 9.98. The lowest BCUT2D eigenvalue weighted by Gasteiger charge is -2.28. The van der Waals surface area contributed by atoms with E-state index in [1.54, 1.807) is 31.7 Å². The van der Waals surface area contributed by atoms with Crippen LogP contribution in [0.4, 0.5) is 19.2 Å². The smallest absolute Gasteiger partial charge is 0.410 e. The topological polar surface area (TPSA) is 267 Å². The highest BCUT2D eigenvalue weighted by atomic mass is 32.1. The quantitative estimate of drug-likeness (QED) is 0.0829. The number of hydrogen-bond acceptors (Lipinski definition) is 14. The molecule has 4 saturated heterocycles. The normalized spacial score (nSPS) is 16.9. The number of rotatable bonds is 12. The molecule has 4 aliphatic rings. The van der Waals surface area contributed by atoms with E-state index in [0.29, 0.717) is 72.5 Å². The van der Waals surface area contributed by atoms with Crippen molar-refractivity contribution in [3.8, 4) is 67.0 Å². The molecular weight excluding hydrogens is 1480 g/mol. The number of fused-ring (bicyclic) bond motifs is 2. The third-order valence-corrected chi connectivity index (χ3v) is 19.7. The standard InChI is InChI=1S/C44H44N6O5.C41H46N6O5.4H2S/c1-44(2,3)55-43(53)50-24-7-11-37(50)39-45-26-36(47-39)32-19-17-30(18-20-32)29-13-15-31(16-14-29)33-21-22-34-35(25-33)46-40(48-41(34)51)38-12-8-23-49(38)42(52)54-27-28-9-5-4-6-10-28;1-40(2,3)51-38(49)46-21-7-9-33(46)35-42-24-32(44-35)28-17-15-26(16-18-28)25-11-13-27(14-12-25)29-19-20-30-31(23-29)43-36(45-37(30)48)34-10-8-22-47(34)39(50)52-41(4,5)6;;;;/h4-6,9-10,13-22,25-26,37-38H,7-8,11-12,23-24,27H2,1-3H3,(H,45,47)(H,46,48,51);11-20,23-24,33-34H,7-10,21-22H2,1-6H3,(H,42,44)(H,43,45,48);4*1H2/t37-,38-;33-,34-;;;;/m00..../s1. The molecule has 582 valence electrons. The Hall–Kier alpha value is -10.3. The first kappa shape index (κ1) is 83.2. The molecule has 8 heterocycles. The lowest BCUT2D eigenvalue weighted by Crippen LogP contribution is -2.37. The van der Waals surface area contributed by atoms with E-state index in [2.05, 4.69) is 127 Å². The predicted molar refractivity (Wildman–Crippen MR) is 453 cm³/mol. The second-order valence-corrected chi connectivity index (χ2v) is 30.9.